The summed E-state index contributed by atoms with van der Waals surface area (Å²) < 4.78 is 5.90. The highest BCUT2D eigenvalue weighted by atomic mass is 32.1. The average Bonchev–Trinajstić information content (AvgIpc) is 3.37. The molecule has 3 atom stereocenters. The number of rotatable bonds is 6. The highest BCUT2D eigenvalue weighted by Crippen LogP contribution is 2.51. The maximum atomic E-state index is 14.3. The Morgan fingerprint density at radius 2 is 1.75 bits per heavy atom. The van der Waals surface area contributed by atoms with Gasteiger partial charge in [-0.1, -0.05) is 46.8 Å². The van der Waals surface area contributed by atoms with Crippen molar-refractivity contribution in [1.29, 1.82) is 0 Å². The molecule has 7 nitrogen and oxygen atoms in total. The van der Waals surface area contributed by atoms with Gasteiger partial charge in [-0.25, -0.2) is 9.78 Å². The van der Waals surface area contributed by atoms with Crippen LogP contribution in [0.3, 0.4) is 0 Å². The number of benzene rings is 1. The van der Waals surface area contributed by atoms with E-state index >= 15 is 0 Å². The average molecular weight is 514 g/mol. The lowest BCUT2D eigenvalue weighted by Crippen LogP contribution is -2.56. The fraction of sp³-hybridized carbons (Fsp3) is 0.571. The van der Waals surface area contributed by atoms with Crippen LogP contribution in [-0.4, -0.2) is 38.8 Å². The SMILES string of the molecule is CC(C)C[C@@]1(C(=O)OC(C)(C)C)C[C@@H](C(N)=O)[C@H](c2nccs2)N1C(=O)c1ccc(C(C)(C)C)cc1. The van der Waals surface area contributed by atoms with Gasteiger partial charge in [0.05, 0.1) is 12.0 Å². The molecule has 2 heterocycles. The van der Waals surface area contributed by atoms with Gasteiger partial charge in [0.1, 0.15) is 16.1 Å². The van der Waals surface area contributed by atoms with Crippen LogP contribution in [0.4, 0.5) is 0 Å². The van der Waals surface area contributed by atoms with Crippen molar-refractivity contribution in [1.82, 2.24) is 9.88 Å². The van der Waals surface area contributed by atoms with Crippen molar-refractivity contribution in [3.8, 4) is 0 Å². The molecule has 36 heavy (non-hydrogen) atoms. The number of ether oxygens (including phenoxy) is 1. The van der Waals surface area contributed by atoms with Gasteiger partial charge in [-0.05, 0) is 62.6 Å². The van der Waals surface area contributed by atoms with Crippen LogP contribution in [0.25, 0.3) is 0 Å². The molecule has 0 aliphatic carbocycles. The van der Waals surface area contributed by atoms with E-state index in [1.165, 1.54) is 11.3 Å². The zero-order chi connectivity index (χ0) is 27.1. The zero-order valence-electron chi connectivity index (χ0n) is 22.6. The fourth-order valence-corrected chi connectivity index (χ4v) is 5.80. The van der Waals surface area contributed by atoms with Crippen LogP contribution in [0.1, 0.15) is 95.2 Å². The van der Waals surface area contributed by atoms with E-state index in [2.05, 4.69) is 25.8 Å². The number of aromatic nitrogens is 1. The highest BCUT2D eigenvalue weighted by Gasteiger charge is 2.62. The molecule has 1 aliphatic heterocycles. The van der Waals surface area contributed by atoms with Gasteiger partial charge in [0.2, 0.25) is 5.91 Å². The van der Waals surface area contributed by atoms with Crippen LogP contribution >= 0.6 is 11.3 Å². The number of hydrogen-bond acceptors (Lipinski definition) is 6. The first-order valence-electron chi connectivity index (χ1n) is 12.4. The van der Waals surface area contributed by atoms with Gasteiger partial charge in [-0.2, -0.15) is 0 Å². The van der Waals surface area contributed by atoms with Crippen LogP contribution in [0.15, 0.2) is 35.8 Å². The summed E-state index contributed by atoms with van der Waals surface area (Å²) in [7, 11) is 0. The lowest BCUT2D eigenvalue weighted by Gasteiger charge is -2.41. The Kier molecular flexibility index (Phi) is 7.70. The quantitative estimate of drug-likeness (QED) is 0.531. The molecule has 1 aromatic heterocycles. The summed E-state index contributed by atoms with van der Waals surface area (Å²) in [6.45, 7) is 15.7. The van der Waals surface area contributed by atoms with Gasteiger partial charge >= 0.3 is 5.97 Å². The predicted molar refractivity (Wildman–Crippen MR) is 141 cm³/mol. The molecule has 2 aromatic rings. The van der Waals surface area contributed by atoms with E-state index in [0.717, 1.165) is 5.56 Å². The van der Waals surface area contributed by atoms with Gasteiger partial charge < -0.3 is 15.4 Å². The van der Waals surface area contributed by atoms with Crippen molar-refractivity contribution in [3.63, 3.8) is 0 Å². The van der Waals surface area contributed by atoms with Crippen LogP contribution in [0, 0.1) is 11.8 Å². The molecule has 0 saturated carbocycles. The molecule has 0 radical (unpaired) electrons. The van der Waals surface area contributed by atoms with Crippen molar-refractivity contribution >= 4 is 29.1 Å². The third kappa shape index (κ3) is 5.64. The Balaban J connectivity index is 2.23. The molecule has 1 saturated heterocycles. The number of esters is 1. The van der Waals surface area contributed by atoms with E-state index in [4.69, 9.17) is 10.5 Å². The molecule has 0 spiro atoms. The minimum atomic E-state index is -1.36. The first-order chi connectivity index (χ1) is 16.6. The van der Waals surface area contributed by atoms with E-state index in [0.29, 0.717) is 17.0 Å². The minimum absolute atomic E-state index is 0.0413. The lowest BCUT2D eigenvalue weighted by molar-refractivity contribution is -0.168. The molecule has 1 aliphatic rings. The second-order valence-corrected chi connectivity index (χ2v) is 13.1. The molecular formula is C28H39N3O4S. The van der Waals surface area contributed by atoms with Gasteiger partial charge in [-0.3, -0.25) is 9.59 Å². The largest absolute Gasteiger partial charge is 0.458 e. The van der Waals surface area contributed by atoms with Crippen molar-refractivity contribution in [3.05, 3.63) is 52.0 Å². The van der Waals surface area contributed by atoms with E-state index in [9.17, 15) is 14.4 Å². The third-order valence-electron chi connectivity index (χ3n) is 6.49. The first-order valence-corrected chi connectivity index (χ1v) is 13.3. The van der Waals surface area contributed by atoms with Crippen LogP contribution in [0.2, 0.25) is 0 Å². The van der Waals surface area contributed by atoms with Crippen LogP contribution < -0.4 is 5.73 Å². The summed E-state index contributed by atoms with van der Waals surface area (Å²) in [5.41, 5.74) is 5.21. The Labute approximate surface area is 218 Å². The van der Waals surface area contributed by atoms with Crippen LogP contribution in [-0.2, 0) is 19.7 Å². The number of thiazole rings is 1. The number of amides is 2. The summed E-state index contributed by atoms with van der Waals surface area (Å²) in [6.07, 6.45) is 2.06. The summed E-state index contributed by atoms with van der Waals surface area (Å²) >= 11 is 1.34. The summed E-state index contributed by atoms with van der Waals surface area (Å²) in [5, 5.41) is 2.37. The predicted octanol–water partition coefficient (Wildman–Crippen LogP) is 5.26. The normalized spacial score (nSPS) is 22.6. The number of nitrogens with zero attached hydrogens (tertiary/aromatic N) is 2. The fourth-order valence-electron chi connectivity index (χ4n) is 5.01. The number of hydrogen-bond donors (Lipinski definition) is 1. The Hall–Kier alpha value is -2.74. The monoisotopic (exact) mass is 513 g/mol. The number of likely N-dealkylation sites (tertiary alicyclic amines) is 1. The molecule has 1 aromatic carbocycles. The van der Waals surface area contributed by atoms with E-state index in [1.807, 2.05) is 26.0 Å². The summed E-state index contributed by atoms with van der Waals surface area (Å²) in [6, 6.07) is 6.68. The molecular weight excluding hydrogens is 474 g/mol. The van der Waals surface area contributed by atoms with Gasteiger partial charge in [0, 0.05) is 17.1 Å². The molecule has 3 rings (SSSR count). The van der Waals surface area contributed by atoms with Crippen molar-refractivity contribution in [2.75, 3.05) is 0 Å². The van der Waals surface area contributed by atoms with Gasteiger partial charge in [0.15, 0.2) is 0 Å². The Morgan fingerprint density at radius 3 is 2.19 bits per heavy atom. The zero-order valence-corrected chi connectivity index (χ0v) is 23.4. The van der Waals surface area contributed by atoms with Gasteiger partial charge in [-0.15, -0.1) is 11.3 Å². The maximum Gasteiger partial charge on any atom is 0.332 e. The molecule has 1 fully saturated rings. The molecule has 2 amide bonds. The van der Waals surface area contributed by atoms with Gasteiger partial charge in [0.25, 0.3) is 5.91 Å². The topological polar surface area (TPSA) is 103 Å². The number of nitrogens with two attached hydrogens (primary N) is 1. The standard InChI is InChI=1S/C28H39N3O4S/c1-17(2)15-28(25(34)35-27(6,7)8)16-20(22(29)32)21(23-30-13-14-36-23)31(28)24(33)18-9-11-19(12-10-18)26(3,4)5/h9-14,17,20-21H,15-16H2,1-8H3,(H2,29,32)/t20-,21-,28+/m1/s1. The number of primary amides is 1. The smallest absolute Gasteiger partial charge is 0.332 e. The second kappa shape index (κ2) is 9.96. The van der Waals surface area contributed by atoms with Crippen molar-refractivity contribution in [2.24, 2.45) is 17.6 Å². The minimum Gasteiger partial charge on any atom is -0.458 e. The molecule has 0 bridgehead atoms. The summed E-state index contributed by atoms with van der Waals surface area (Å²) in [4.78, 5) is 47.0. The molecule has 0 unspecified atom stereocenters. The third-order valence-corrected chi connectivity index (χ3v) is 7.34. The number of carbonyl (C=O) groups is 3. The molecule has 2 N–H and O–H groups in total. The summed E-state index contributed by atoms with van der Waals surface area (Å²) in [5.74, 6) is -2.16. The Morgan fingerprint density at radius 1 is 1.14 bits per heavy atom. The maximum absolute atomic E-state index is 14.3. The second-order valence-electron chi connectivity index (χ2n) is 12.2. The number of carbonyl (C=O) groups excluding carboxylic acids is 3. The van der Waals surface area contributed by atoms with E-state index in [-0.39, 0.29) is 23.7 Å². The molecule has 8 heteroatoms. The van der Waals surface area contributed by atoms with Crippen molar-refractivity contribution < 1.29 is 19.1 Å². The van der Waals surface area contributed by atoms with E-state index in [1.54, 1.807) is 49.4 Å². The Bertz CT molecular complexity index is 1100. The van der Waals surface area contributed by atoms with Crippen molar-refractivity contribution in [2.45, 2.75) is 90.8 Å². The van der Waals surface area contributed by atoms with Crippen LogP contribution in [0.5, 0.6) is 0 Å². The highest BCUT2D eigenvalue weighted by molar-refractivity contribution is 7.09. The first kappa shape index (κ1) is 27.8. The lowest BCUT2D eigenvalue weighted by atomic mass is 9.83. The van der Waals surface area contributed by atoms with E-state index < -0.39 is 35.0 Å². The molecule has 196 valence electrons.